The number of rotatable bonds is 4. The molecule has 146 valence electrons. The van der Waals surface area contributed by atoms with E-state index in [1.165, 1.54) is 7.11 Å². The molecule has 1 heterocycles. The Hall–Kier alpha value is -3.15. The second-order valence-corrected chi connectivity index (χ2v) is 7.10. The number of piperazine rings is 1. The highest BCUT2D eigenvalue weighted by molar-refractivity contribution is 6.01. The van der Waals surface area contributed by atoms with E-state index in [2.05, 4.69) is 5.32 Å². The van der Waals surface area contributed by atoms with Gasteiger partial charge in [-0.25, -0.2) is 4.79 Å². The van der Waals surface area contributed by atoms with Crippen molar-refractivity contribution >= 4 is 17.8 Å². The topological polar surface area (TPSA) is 75.7 Å². The fraction of sp³-hybridized carbons (Fsp3) is 0.318. The van der Waals surface area contributed by atoms with Crippen molar-refractivity contribution in [2.75, 3.05) is 20.2 Å². The van der Waals surface area contributed by atoms with Crippen molar-refractivity contribution in [3.05, 3.63) is 59.7 Å². The van der Waals surface area contributed by atoms with Crippen LogP contribution in [0.25, 0.3) is 11.1 Å². The Bertz CT molecular complexity index is 907. The van der Waals surface area contributed by atoms with Crippen molar-refractivity contribution in [2.24, 2.45) is 5.92 Å². The largest absolute Gasteiger partial charge is 0.465 e. The van der Waals surface area contributed by atoms with Gasteiger partial charge in [0.05, 0.1) is 12.7 Å². The smallest absolute Gasteiger partial charge is 0.338 e. The van der Waals surface area contributed by atoms with Crippen molar-refractivity contribution in [2.45, 2.75) is 19.9 Å². The third kappa shape index (κ3) is 3.76. The van der Waals surface area contributed by atoms with Gasteiger partial charge in [-0.2, -0.15) is 0 Å². The molecule has 1 N–H and O–H groups in total. The molecule has 0 spiro atoms. The van der Waals surface area contributed by atoms with Gasteiger partial charge >= 0.3 is 5.97 Å². The van der Waals surface area contributed by atoms with Crippen LogP contribution in [0.4, 0.5) is 0 Å². The van der Waals surface area contributed by atoms with Gasteiger partial charge in [0, 0.05) is 18.7 Å². The Labute approximate surface area is 164 Å². The number of methoxy groups -OCH3 is 1. The van der Waals surface area contributed by atoms with E-state index in [9.17, 15) is 14.4 Å². The first-order valence-corrected chi connectivity index (χ1v) is 9.30. The van der Waals surface area contributed by atoms with Crippen molar-refractivity contribution in [1.29, 1.82) is 0 Å². The molecule has 0 aliphatic carbocycles. The Morgan fingerprint density at radius 3 is 2.61 bits per heavy atom. The molecule has 6 nitrogen and oxygen atoms in total. The summed E-state index contributed by atoms with van der Waals surface area (Å²) in [5, 5.41) is 2.83. The predicted molar refractivity (Wildman–Crippen MR) is 106 cm³/mol. The van der Waals surface area contributed by atoms with Gasteiger partial charge < -0.3 is 15.0 Å². The number of benzene rings is 2. The minimum Gasteiger partial charge on any atom is -0.465 e. The third-order valence-electron chi connectivity index (χ3n) is 4.90. The maximum absolute atomic E-state index is 13.2. The second-order valence-electron chi connectivity index (χ2n) is 7.10. The molecule has 3 rings (SSSR count). The molecule has 0 saturated carbocycles. The zero-order valence-electron chi connectivity index (χ0n) is 16.3. The molecule has 1 aliphatic rings. The number of amides is 2. The molecule has 2 amide bonds. The molecule has 1 saturated heterocycles. The number of nitrogens with one attached hydrogen (secondary N) is 1. The van der Waals surface area contributed by atoms with Gasteiger partial charge in [-0.1, -0.05) is 44.2 Å². The van der Waals surface area contributed by atoms with E-state index in [0.29, 0.717) is 29.8 Å². The van der Waals surface area contributed by atoms with Crippen LogP contribution in [-0.4, -0.2) is 48.9 Å². The van der Waals surface area contributed by atoms with Gasteiger partial charge in [-0.3, -0.25) is 9.59 Å². The van der Waals surface area contributed by atoms with Crippen molar-refractivity contribution in [1.82, 2.24) is 10.2 Å². The second kappa shape index (κ2) is 8.25. The molecule has 0 unspecified atom stereocenters. The monoisotopic (exact) mass is 380 g/mol. The van der Waals surface area contributed by atoms with Gasteiger partial charge in [-0.15, -0.1) is 0 Å². The molecule has 28 heavy (non-hydrogen) atoms. The maximum Gasteiger partial charge on any atom is 0.338 e. The van der Waals surface area contributed by atoms with E-state index in [4.69, 9.17) is 4.74 Å². The average Bonchev–Trinajstić information content (AvgIpc) is 2.72. The predicted octanol–water partition coefficient (Wildman–Crippen LogP) is 2.74. The van der Waals surface area contributed by atoms with Crippen LogP contribution >= 0.6 is 0 Å². The quantitative estimate of drug-likeness (QED) is 0.828. The number of carbonyl (C=O) groups excluding carboxylic acids is 3. The average molecular weight is 380 g/mol. The van der Waals surface area contributed by atoms with E-state index in [1.54, 1.807) is 35.2 Å². The molecular formula is C22H24N2O4. The molecule has 0 aromatic heterocycles. The first-order chi connectivity index (χ1) is 13.4. The minimum atomic E-state index is -0.493. The molecule has 6 heteroatoms. The van der Waals surface area contributed by atoms with Crippen LogP contribution in [0.1, 0.15) is 34.6 Å². The van der Waals surface area contributed by atoms with Crippen LogP contribution in [0.3, 0.4) is 0 Å². The Kier molecular flexibility index (Phi) is 5.78. The van der Waals surface area contributed by atoms with Crippen LogP contribution in [0.15, 0.2) is 48.5 Å². The SMILES string of the molecule is COC(=O)c1ccccc1-c1cccc(C(=O)N2CCNC(=O)[C@H]2C(C)C)c1. The summed E-state index contributed by atoms with van der Waals surface area (Å²) in [6.07, 6.45) is 0. The van der Waals surface area contributed by atoms with E-state index in [0.717, 1.165) is 5.56 Å². The maximum atomic E-state index is 13.2. The summed E-state index contributed by atoms with van der Waals surface area (Å²) in [4.78, 5) is 39.2. The van der Waals surface area contributed by atoms with Gasteiger partial charge in [0.1, 0.15) is 6.04 Å². The standard InChI is InChI=1S/C22H24N2O4/c1-14(2)19-20(25)23-11-12-24(19)21(26)16-8-6-7-15(13-16)17-9-4-5-10-18(17)22(27)28-3/h4-10,13-14,19H,11-12H2,1-3H3,(H,23,25)/t19-/m1/s1. The number of nitrogens with zero attached hydrogens (tertiary/aromatic N) is 1. The van der Waals surface area contributed by atoms with E-state index in [-0.39, 0.29) is 17.7 Å². The van der Waals surface area contributed by atoms with Crippen molar-refractivity contribution < 1.29 is 19.1 Å². The zero-order valence-corrected chi connectivity index (χ0v) is 16.3. The Morgan fingerprint density at radius 1 is 1.14 bits per heavy atom. The highest BCUT2D eigenvalue weighted by atomic mass is 16.5. The number of carbonyl (C=O) groups is 3. The summed E-state index contributed by atoms with van der Waals surface area (Å²) in [5.41, 5.74) is 2.36. The fourth-order valence-corrected chi connectivity index (χ4v) is 3.58. The summed E-state index contributed by atoms with van der Waals surface area (Å²) in [6.45, 7) is 4.77. The molecule has 1 aliphatic heterocycles. The summed E-state index contributed by atoms with van der Waals surface area (Å²) < 4.78 is 4.86. The highest BCUT2D eigenvalue weighted by Gasteiger charge is 2.35. The van der Waals surface area contributed by atoms with Crippen LogP contribution in [0.2, 0.25) is 0 Å². The Morgan fingerprint density at radius 2 is 1.89 bits per heavy atom. The summed E-state index contributed by atoms with van der Waals surface area (Å²) >= 11 is 0. The van der Waals surface area contributed by atoms with E-state index in [1.807, 2.05) is 32.0 Å². The first kappa shape index (κ1) is 19.6. The molecule has 1 fully saturated rings. The number of hydrogen-bond acceptors (Lipinski definition) is 4. The third-order valence-corrected chi connectivity index (χ3v) is 4.90. The van der Waals surface area contributed by atoms with Crippen LogP contribution in [0.5, 0.6) is 0 Å². The highest BCUT2D eigenvalue weighted by Crippen LogP contribution is 2.26. The molecule has 0 radical (unpaired) electrons. The van der Waals surface area contributed by atoms with Crippen LogP contribution in [-0.2, 0) is 9.53 Å². The first-order valence-electron chi connectivity index (χ1n) is 9.30. The molecule has 2 aromatic rings. The molecule has 2 aromatic carbocycles. The normalized spacial score (nSPS) is 16.6. The van der Waals surface area contributed by atoms with Gasteiger partial charge in [0.25, 0.3) is 5.91 Å². The lowest BCUT2D eigenvalue weighted by Gasteiger charge is -2.37. The Balaban J connectivity index is 1.97. The summed E-state index contributed by atoms with van der Waals surface area (Å²) in [6, 6.07) is 13.7. The lowest BCUT2D eigenvalue weighted by molar-refractivity contribution is -0.129. The summed E-state index contributed by atoms with van der Waals surface area (Å²) in [7, 11) is 1.34. The zero-order chi connectivity index (χ0) is 20.3. The van der Waals surface area contributed by atoms with Gasteiger partial charge in [0.15, 0.2) is 0 Å². The van der Waals surface area contributed by atoms with Crippen molar-refractivity contribution in [3.8, 4) is 11.1 Å². The number of ether oxygens (including phenoxy) is 1. The van der Waals surface area contributed by atoms with Gasteiger partial charge in [0.2, 0.25) is 5.91 Å². The van der Waals surface area contributed by atoms with E-state index < -0.39 is 12.0 Å². The lowest BCUT2D eigenvalue weighted by atomic mass is 9.96. The molecule has 1 atom stereocenters. The van der Waals surface area contributed by atoms with Gasteiger partial charge in [-0.05, 0) is 35.2 Å². The van der Waals surface area contributed by atoms with Crippen LogP contribution < -0.4 is 5.32 Å². The van der Waals surface area contributed by atoms with E-state index >= 15 is 0 Å². The molecule has 0 bridgehead atoms. The number of hydrogen-bond donors (Lipinski definition) is 1. The number of esters is 1. The molecular weight excluding hydrogens is 356 g/mol. The summed E-state index contributed by atoms with van der Waals surface area (Å²) in [5.74, 6) is -0.736. The van der Waals surface area contributed by atoms with Crippen LogP contribution in [0, 0.1) is 5.92 Å². The fourth-order valence-electron chi connectivity index (χ4n) is 3.58. The van der Waals surface area contributed by atoms with Crippen molar-refractivity contribution in [3.63, 3.8) is 0 Å². The minimum absolute atomic E-state index is 0.00693. The lowest BCUT2D eigenvalue weighted by Crippen LogP contribution is -2.59.